The molecule has 0 heterocycles. The van der Waals surface area contributed by atoms with Gasteiger partial charge in [-0.25, -0.2) is 0 Å². The Morgan fingerprint density at radius 2 is 1.72 bits per heavy atom. The molecule has 0 aromatic heterocycles. The summed E-state index contributed by atoms with van der Waals surface area (Å²) in [4.78, 5) is 2.21. The van der Waals surface area contributed by atoms with Crippen LogP contribution in [0, 0.1) is 13.8 Å². The van der Waals surface area contributed by atoms with Crippen molar-refractivity contribution in [2.24, 2.45) is 0 Å². The smallest absolute Gasteiger partial charge is 0.124 e. The van der Waals surface area contributed by atoms with E-state index in [-0.39, 0.29) is 12.1 Å². The van der Waals surface area contributed by atoms with Crippen LogP contribution in [0.1, 0.15) is 31.4 Å². The van der Waals surface area contributed by atoms with E-state index in [2.05, 4.69) is 51.8 Å². The molecule has 0 radical (unpaired) electrons. The third kappa shape index (κ3) is 2.96. The molecule has 1 N–H and O–H groups in total. The molecule has 0 saturated heterocycles. The quantitative estimate of drug-likeness (QED) is 0.873. The van der Waals surface area contributed by atoms with Gasteiger partial charge >= 0.3 is 0 Å². The summed E-state index contributed by atoms with van der Waals surface area (Å²) in [5.74, 6) is 0.951. The lowest BCUT2D eigenvalue weighted by Crippen LogP contribution is -2.42. The highest BCUT2D eigenvalue weighted by molar-refractivity contribution is 5.57. The van der Waals surface area contributed by atoms with E-state index in [0.717, 1.165) is 29.0 Å². The van der Waals surface area contributed by atoms with Gasteiger partial charge in [0.1, 0.15) is 5.75 Å². The third-order valence-corrected chi connectivity index (χ3v) is 3.67. The molecule has 0 aliphatic rings. The number of ether oxygens (including phenoxy) is 1. The minimum Gasteiger partial charge on any atom is -0.496 e. The zero-order chi connectivity index (χ0) is 13.9. The van der Waals surface area contributed by atoms with E-state index in [9.17, 15) is 0 Å². The second-order valence-corrected chi connectivity index (χ2v) is 5.46. The Balaban J connectivity index is 3.11. The van der Waals surface area contributed by atoms with Crippen LogP contribution in [-0.2, 0) is 0 Å². The predicted molar refractivity (Wildman–Crippen MR) is 76.7 cm³/mol. The van der Waals surface area contributed by atoms with Crippen LogP contribution in [0.15, 0.2) is 12.1 Å². The number of methoxy groups -OCH3 is 1. The van der Waals surface area contributed by atoms with Crippen LogP contribution in [0.3, 0.4) is 0 Å². The molecule has 3 heteroatoms. The molecule has 0 unspecified atom stereocenters. The van der Waals surface area contributed by atoms with Crippen LogP contribution in [0.2, 0.25) is 0 Å². The van der Waals surface area contributed by atoms with Gasteiger partial charge in [0.05, 0.1) is 7.11 Å². The van der Waals surface area contributed by atoms with E-state index >= 15 is 0 Å². The van der Waals surface area contributed by atoms with Crippen LogP contribution in [-0.4, -0.2) is 31.4 Å². The molecule has 0 spiro atoms. The van der Waals surface area contributed by atoms with Crippen LogP contribution in [0.5, 0.6) is 5.75 Å². The van der Waals surface area contributed by atoms with Gasteiger partial charge in [-0.05, 0) is 57.4 Å². The third-order valence-electron chi connectivity index (χ3n) is 3.67. The van der Waals surface area contributed by atoms with Crippen molar-refractivity contribution in [1.29, 1.82) is 0 Å². The average Bonchev–Trinajstić information content (AvgIpc) is 2.27. The normalized spacial score (nSPS) is 11.5. The van der Waals surface area contributed by atoms with Crippen molar-refractivity contribution in [2.45, 2.75) is 39.7 Å². The first kappa shape index (κ1) is 14.8. The summed E-state index contributed by atoms with van der Waals surface area (Å²) in [6, 6.07) is 4.26. The SMILES string of the molecule is COc1c(C)cc(N(C)C(C)(C)CCO)cc1C. The summed E-state index contributed by atoms with van der Waals surface area (Å²) in [5, 5.41) is 9.14. The Kier molecular flexibility index (Phi) is 4.63. The fraction of sp³-hybridized carbons (Fsp3) is 0.600. The summed E-state index contributed by atoms with van der Waals surface area (Å²) in [6.07, 6.45) is 0.744. The van der Waals surface area contributed by atoms with Gasteiger partial charge in [0.15, 0.2) is 0 Å². The molecule has 18 heavy (non-hydrogen) atoms. The standard InChI is InChI=1S/C15H25NO2/c1-11-9-13(10-12(2)14(11)18-6)16(5)15(3,4)7-8-17/h9-10,17H,7-8H2,1-6H3. The first-order valence-corrected chi connectivity index (χ1v) is 6.33. The number of aryl methyl sites for hydroxylation is 2. The monoisotopic (exact) mass is 251 g/mol. The minimum absolute atomic E-state index is 0.0672. The van der Waals surface area contributed by atoms with Gasteiger partial charge in [-0.2, -0.15) is 0 Å². The number of nitrogens with zero attached hydrogens (tertiary/aromatic N) is 1. The number of hydrogen-bond donors (Lipinski definition) is 1. The molecule has 0 fully saturated rings. The van der Waals surface area contributed by atoms with Crippen molar-refractivity contribution in [3.8, 4) is 5.75 Å². The molecular formula is C15H25NO2. The van der Waals surface area contributed by atoms with Gasteiger partial charge in [-0.3, -0.25) is 0 Å². The van der Waals surface area contributed by atoms with Crippen LogP contribution in [0.4, 0.5) is 5.69 Å². The van der Waals surface area contributed by atoms with Crippen molar-refractivity contribution in [3.63, 3.8) is 0 Å². The number of aliphatic hydroxyl groups is 1. The van der Waals surface area contributed by atoms with Gasteiger partial charge < -0.3 is 14.7 Å². The highest BCUT2D eigenvalue weighted by Gasteiger charge is 2.24. The van der Waals surface area contributed by atoms with E-state index in [1.165, 1.54) is 0 Å². The molecule has 0 saturated carbocycles. The van der Waals surface area contributed by atoms with Gasteiger partial charge in [-0.1, -0.05) is 0 Å². The van der Waals surface area contributed by atoms with E-state index in [1.807, 2.05) is 0 Å². The Bertz CT molecular complexity index is 390. The summed E-state index contributed by atoms with van der Waals surface area (Å²) in [5.41, 5.74) is 3.37. The zero-order valence-corrected chi connectivity index (χ0v) is 12.4. The maximum Gasteiger partial charge on any atom is 0.124 e. The second-order valence-electron chi connectivity index (χ2n) is 5.46. The minimum atomic E-state index is -0.0672. The van der Waals surface area contributed by atoms with E-state index in [1.54, 1.807) is 7.11 Å². The molecule has 102 valence electrons. The number of rotatable bonds is 5. The molecule has 1 rings (SSSR count). The second kappa shape index (κ2) is 5.61. The van der Waals surface area contributed by atoms with Crippen molar-refractivity contribution in [1.82, 2.24) is 0 Å². The number of aliphatic hydroxyl groups excluding tert-OH is 1. The van der Waals surface area contributed by atoms with Crippen molar-refractivity contribution < 1.29 is 9.84 Å². The first-order chi connectivity index (χ1) is 8.33. The van der Waals surface area contributed by atoms with Gasteiger partial charge in [0, 0.05) is 24.9 Å². The molecule has 0 amide bonds. The molecule has 0 aliphatic heterocycles. The van der Waals surface area contributed by atoms with Crippen molar-refractivity contribution >= 4 is 5.69 Å². The fourth-order valence-electron chi connectivity index (χ4n) is 2.23. The summed E-state index contributed by atoms with van der Waals surface area (Å²) >= 11 is 0. The lowest BCUT2D eigenvalue weighted by molar-refractivity contribution is 0.250. The maximum absolute atomic E-state index is 9.14. The molecule has 3 nitrogen and oxygen atoms in total. The summed E-state index contributed by atoms with van der Waals surface area (Å²) < 4.78 is 5.39. The first-order valence-electron chi connectivity index (χ1n) is 6.33. The molecule has 0 atom stereocenters. The Hall–Kier alpha value is -1.22. The Morgan fingerprint density at radius 3 is 2.11 bits per heavy atom. The lowest BCUT2D eigenvalue weighted by atomic mass is 9.97. The molecule has 0 aliphatic carbocycles. The molecular weight excluding hydrogens is 226 g/mol. The maximum atomic E-state index is 9.14. The highest BCUT2D eigenvalue weighted by Crippen LogP contribution is 2.32. The van der Waals surface area contributed by atoms with E-state index < -0.39 is 0 Å². The van der Waals surface area contributed by atoms with Crippen LogP contribution in [0.25, 0.3) is 0 Å². The van der Waals surface area contributed by atoms with Gasteiger partial charge in [-0.15, -0.1) is 0 Å². The zero-order valence-electron chi connectivity index (χ0n) is 12.4. The van der Waals surface area contributed by atoms with Crippen molar-refractivity contribution in [2.75, 3.05) is 25.7 Å². The fourth-order valence-corrected chi connectivity index (χ4v) is 2.23. The average molecular weight is 251 g/mol. The van der Waals surface area contributed by atoms with Crippen LogP contribution < -0.4 is 9.64 Å². The highest BCUT2D eigenvalue weighted by atomic mass is 16.5. The number of anilines is 1. The summed E-state index contributed by atoms with van der Waals surface area (Å²) in [7, 11) is 3.77. The van der Waals surface area contributed by atoms with Crippen molar-refractivity contribution in [3.05, 3.63) is 23.3 Å². The topological polar surface area (TPSA) is 32.7 Å². The van der Waals surface area contributed by atoms with Gasteiger partial charge in [0.2, 0.25) is 0 Å². The molecule has 0 bridgehead atoms. The van der Waals surface area contributed by atoms with E-state index in [4.69, 9.17) is 9.84 Å². The van der Waals surface area contributed by atoms with E-state index in [0.29, 0.717) is 0 Å². The number of hydrogen-bond acceptors (Lipinski definition) is 3. The van der Waals surface area contributed by atoms with Crippen LogP contribution >= 0.6 is 0 Å². The number of benzene rings is 1. The largest absolute Gasteiger partial charge is 0.496 e. The molecule has 1 aromatic rings. The Labute approximate surface area is 110 Å². The lowest BCUT2D eigenvalue weighted by Gasteiger charge is -2.37. The van der Waals surface area contributed by atoms with Gasteiger partial charge in [0.25, 0.3) is 0 Å². The Morgan fingerprint density at radius 1 is 1.22 bits per heavy atom. The summed E-state index contributed by atoms with van der Waals surface area (Å²) in [6.45, 7) is 8.59. The predicted octanol–water partition coefficient (Wildman–Crippen LogP) is 2.91. The molecule has 1 aromatic carbocycles.